The molecule has 19 heavy (non-hydrogen) atoms. The predicted molar refractivity (Wildman–Crippen MR) is 80.0 cm³/mol. The van der Waals surface area contributed by atoms with Crippen molar-refractivity contribution in [3.8, 4) is 11.8 Å². The highest BCUT2D eigenvalue weighted by Gasteiger charge is 2.26. The molecule has 0 bridgehead atoms. The molecule has 1 heterocycles. The van der Waals surface area contributed by atoms with Crippen molar-refractivity contribution in [3.63, 3.8) is 0 Å². The SMILES string of the molecule is CN(Cc1sccc1C#CCN)C1CCCCC1O. The van der Waals surface area contributed by atoms with Crippen LogP contribution in [0.4, 0.5) is 0 Å². The first kappa shape index (κ1) is 14.5. The highest BCUT2D eigenvalue weighted by molar-refractivity contribution is 7.10. The minimum absolute atomic E-state index is 0.183. The summed E-state index contributed by atoms with van der Waals surface area (Å²) in [4.78, 5) is 3.53. The van der Waals surface area contributed by atoms with Gasteiger partial charge in [-0.1, -0.05) is 24.7 Å². The van der Waals surface area contributed by atoms with Gasteiger partial charge in [-0.05, 0) is 31.3 Å². The number of aliphatic hydroxyl groups is 1. The van der Waals surface area contributed by atoms with Crippen LogP contribution in [-0.2, 0) is 6.54 Å². The van der Waals surface area contributed by atoms with Crippen LogP contribution < -0.4 is 5.73 Å². The minimum atomic E-state index is -0.183. The lowest BCUT2D eigenvalue weighted by Crippen LogP contribution is -2.42. The zero-order chi connectivity index (χ0) is 13.7. The summed E-state index contributed by atoms with van der Waals surface area (Å²) in [6.07, 6.45) is 4.21. The lowest BCUT2D eigenvalue weighted by molar-refractivity contribution is 0.0292. The predicted octanol–water partition coefficient (Wildman–Crippen LogP) is 1.79. The van der Waals surface area contributed by atoms with Crippen molar-refractivity contribution in [2.45, 2.75) is 44.4 Å². The molecule has 104 valence electrons. The molecule has 1 aromatic rings. The molecule has 1 saturated carbocycles. The number of rotatable bonds is 3. The van der Waals surface area contributed by atoms with E-state index in [-0.39, 0.29) is 12.1 Å². The van der Waals surface area contributed by atoms with Gasteiger partial charge in [0, 0.05) is 23.0 Å². The smallest absolute Gasteiger partial charge is 0.0695 e. The van der Waals surface area contributed by atoms with Gasteiger partial charge in [-0.2, -0.15) is 0 Å². The van der Waals surface area contributed by atoms with E-state index >= 15 is 0 Å². The van der Waals surface area contributed by atoms with Gasteiger partial charge in [-0.25, -0.2) is 0 Å². The second-order valence-electron chi connectivity index (χ2n) is 5.10. The summed E-state index contributed by atoms with van der Waals surface area (Å²) < 4.78 is 0. The molecular weight excluding hydrogens is 256 g/mol. The Morgan fingerprint density at radius 3 is 3.00 bits per heavy atom. The Morgan fingerprint density at radius 2 is 2.26 bits per heavy atom. The van der Waals surface area contributed by atoms with Gasteiger partial charge in [0.25, 0.3) is 0 Å². The van der Waals surface area contributed by atoms with E-state index in [1.165, 1.54) is 11.3 Å². The Bertz CT molecular complexity index is 460. The van der Waals surface area contributed by atoms with E-state index in [4.69, 9.17) is 5.73 Å². The van der Waals surface area contributed by atoms with Gasteiger partial charge >= 0.3 is 0 Å². The molecule has 0 saturated heterocycles. The van der Waals surface area contributed by atoms with E-state index in [1.807, 2.05) is 6.07 Å². The van der Waals surface area contributed by atoms with E-state index in [2.05, 4.69) is 29.2 Å². The van der Waals surface area contributed by atoms with Crippen LogP contribution in [0, 0.1) is 11.8 Å². The molecule has 0 aromatic carbocycles. The summed E-state index contributed by atoms with van der Waals surface area (Å²) in [5.74, 6) is 6.03. The van der Waals surface area contributed by atoms with Gasteiger partial charge in [-0.15, -0.1) is 11.3 Å². The molecule has 1 aliphatic rings. The largest absolute Gasteiger partial charge is 0.391 e. The van der Waals surface area contributed by atoms with Crippen molar-refractivity contribution in [2.24, 2.45) is 5.73 Å². The van der Waals surface area contributed by atoms with E-state index in [0.29, 0.717) is 6.54 Å². The molecule has 4 heteroatoms. The lowest BCUT2D eigenvalue weighted by atomic mass is 9.91. The molecule has 0 amide bonds. The van der Waals surface area contributed by atoms with Crippen molar-refractivity contribution >= 4 is 11.3 Å². The Labute approximate surface area is 119 Å². The van der Waals surface area contributed by atoms with Crippen LogP contribution in [0.5, 0.6) is 0 Å². The number of hydrogen-bond acceptors (Lipinski definition) is 4. The van der Waals surface area contributed by atoms with Crippen molar-refractivity contribution in [1.82, 2.24) is 4.90 Å². The van der Waals surface area contributed by atoms with Crippen LogP contribution in [-0.4, -0.2) is 35.7 Å². The monoisotopic (exact) mass is 278 g/mol. The highest BCUT2D eigenvalue weighted by atomic mass is 32.1. The van der Waals surface area contributed by atoms with Gasteiger partial charge in [0.05, 0.1) is 12.6 Å². The summed E-state index contributed by atoms with van der Waals surface area (Å²) in [5, 5.41) is 12.2. The third-order valence-electron chi connectivity index (χ3n) is 3.72. The number of hydrogen-bond donors (Lipinski definition) is 2. The van der Waals surface area contributed by atoms with E-state index < -0.39 is 0 Å². The first-order valence-electron chi connectivity index (χ1n) is 6.86. The summed E-state index contributed by atoms with van der Waals surface area (Å²) >= 11 is 1.73. The Hall–Kier alpha value is -0.860. The first-order valence-corrected chi connectivity index (χ1v) is 7.74. The summed E-state index contributed by atoms with van der Waals surface area (Å²) in [6.45, 7) is 1.25. The molecule has 1 aliphatic carbocycles. The molecule has 1 aromatic heterocycles. The Morgan fingerprint density at radius 1 is 1.47 bits per heavy atom. The van der Waals surface area contributed by atoms with Gasteiger partial charge < -0.3 is 10.8 Å². The molecule has 3 N–H and O–H groups in total. The second kappa shape index (κ2) is 7.06. The van der Waals surface area contributed by atoms with Crippen LogP contribution in [0.1, 0.15) is 36.1 Å². The normalized spacial score (nSPS) is 23.2. The minimum Gasteiger partial charge on any atom is -0.391 e. The van der Waals surface area contributed by atoms with E-state index in [0.717, 1.165) is 31.4 Å². The maximum Gasteiger partial charge on any atom is 0.0695 e. The maximum atomic E-state index is 10.1. The van der Waals surface area contributed by atoms with Crippen LogP contribution in [0.15, 0.2) is 11.4 Å². The van der Waals surface area contributed by atoms with Crippen molar-refractivity contribution in [1.29, 1.82) is 0 Å². The fourth-order valence-electron chi connectivity index (χ4n) is 2.67. The van der Waals surface area contributed by atoms with Gasteiger partial charge in [-0.3, -0.25) is 4.90 Å². The summed E-state index contributed by atoms with van der Waals surface area (Å²) in [6, 6.07) is 2.33. The van der Waals surface area contributed by atoms with Crippen molar-refractivity contribution < 1.29 is 5.11 Å². The first-order chi connectivity index (χ1) is 9.22. The van der Waals surface area contributed by atoms with Crippen LogP contribution in [0.3, 0.4) is 0 Å². The zero-order valence-corrected chi connectivity index (χ0v) is 12.2. The number of nitrogens with zero attached hydrogens (tertiary/aromatic N) is 1. The Kier molecular flexibility index (Phi) is 5.41. The van der Waals surface area contributed by atoms with E-state index in [1.54, 1.807) is 11.3 Å². The molecule has 3 nitrogen and oxygen atoms in total. The Balaban J connectivity index is 2.02. The molecule has 0 radical (unpaired) electrons. The standard InChI is InChI=1S/C15H22N2OS/c1-17(13-6-2-3-7-14(13)18)11-15-12(5-4-9-16)8-10-19-15/h8,10,13-14,18H,2-3,6-7,9,11,16H2,1H3. The number of thiophene rings is 1. The third kappa shape index (κ3) is 3.80. The quantitative estimate of drug-likeness (QED) is 0.829. The highest BCUT2D eigenvalue weighted by Crippen LogP contribution is 2.25. The molecule has 2 rings (SSSR count). The van der Waals surface area contributed by atoms with Gasteiger partial charge in [0.2, 0.25) is 0 Å². The second-order valence-corrected chi connectivity index (χ2v) is 6.10. The van der Waals surface area contributed by atoms with E-state index in [9.17, 15) is 5.11 Å². The number of nitrogens with two attached hydrogens (primary N) is 1. The third-order valence-corrected chi connectivity index (χ3v) is 4.63. The van der Waals surface area contributed by atoms with Gasteiger partial charge in [0.15, 0.2) is 0 Å². The van der Waals surface area contributed by atoms with Gasteiger partial charge in [0.1, 0.15) is 0 Å². The van der Waals surface area contributed by atoms with Crippen LogP contribution in [0.25, 0.3) is 0 Å². The zero-order valence-electron chi connectivity index (χ0n) is 11.4. The fourth-order valence-corrected chi connectivity index (χ4v) is 3.56. The molecule has 0 aliphatic heterocycles. The fraction of sp³-hybridized carbons (Fsp3) is 0.600. The number of aliphatic hydroxyl groups excluding tert-OH is 1. The van der Waals surface area contributed by atoms with Crippen LogP contribution in [0.2, 0.25) is 0 Å². The number of likely N-dealkylation sites (N-methyl/N-ethyl adjacent to an activating group) is 1. The van der Waals surface area contributed by atoms with Crippen LogP contribution >= 0.6 is 11.3 Å². The molecule has 0 spiro atoms. The average molecular weight is 278 g/mol. The molecule has 2 atom stereocenters. The maximum absolute atomic E-state index is 10.1. The summed E-state index contributed by atoms with van der Waals surface area (Å²) in [5.41, 5.74) is 6.49. The topological polar surface area (TPSA) is 49.5 Å². The average Bonchev–Trinajstić information content (AvgIpc) is 2.84. The molecule has 1 fully saturated rings. The molecule has 2 unspecified atom stereocenters. The lowest BCUT2D eigenvalue weighted by Gasteiger charge is -2.35. The molecular formula is C15H22N2OS. The van der Waals surface area contributed by atoms with Crippen molar-refractivity contribution in [3.05, 3.63) is 21.9 Å². The van der Waals surface area contributed by atoms with Crippen molar-refractivity contribution in [2.75, 3.05) is 13.6 Å². The summed E-state index contributed by atoms with van der Waals surface area (Å²) in [7, 11) is 2.10.